The molecule has 0 spiro atoms. The molecule has 140 valence electrons. The van der Waals surface area contributed by atoms with Crippen LogP contribution in [0.25, 0.3) is 17.1 Å². The fourth-order valence-electron chi connectivity index (χ4n) is 3.17. The molecule has 0 radical (unpaired) electrons. The number of morpholine rings is 1. The highest BCUT2D eigenvalue weighted by molar-refractivity contribution is 7.99. The first-order valence-electron chi connectivity index (χ1n) is 9.17. The molecule has 0 amide bonds. The second-order valence-electron chi connectivity index (χ2n) is 6.47. The van der Waals surface area contributed by atoms with Crippen LogP contribution in [0, 0.1) is 6.92 Å². The topological polar surface area (TPSA) is 56.1 Å². The molecule has 0 N–H and O–H groups in total. The minimum Gasteiger partial charge on any atom is -0.379 e. The zero-order chi connectivity index (χ0) is 18.5. The molecular formula is C20H23N5OS. The Balaban J connectivity index is 1.61. The zero-order valence-electron chi connectivity index (χ0n) is 15.4. The van der Waals surface area contributed by atoms with Crippen molar-refractivity contribution in [3.8, 4) is 17.1 Å². The van der Waals surface area contributed by atoms with E-state index in [4.69, 9.17) is 4.74 Å². The minimum absolute atomic E-state index is 0.825. The number of aryl methyl sites for hydroxylation is 1. The second kappa shape index (κ2) is 8.65. The maximum absolute atomic E-state index is 5.43. The molecule has 1 fully saturated rings. The van der Waals surface area contributed by atoms with Gasteiger partial charge in [-0.3, -0.25) is 14.5 Å². The molecule has 2 aromatic heterocycles. The van der Waals surface area contributed by atoms with Gasteiger partial charge in [-0.1, -0.05) is 30.0 Å². The highest BCUT2D eigenvalue weighted by atomic mass is 32.2. The summed E-state index contributed by atoms with van der Waals surface area (Å²) >= 11 is 1.75. The predicted octanol–water partition coefficient (Wildman–Crippen LogP) is 3.06. The summed E-state index contributed by atoms with van der Waals surface area (Å²) in [6.07, 6.45) is 3.61. The van der Waals surface area contributed by atoms with Gasteiger partial charge in [-0.2, -0.15) is 0 Å². The van der Waals surface area contributed by atoms with Crippen LogP contribution in [0.1, 0.15) is 5.56 Å². The molecule has 1 saturated heterocycles. The van der Waals surface area contributed by atoms with Crippen LogP contribution in [0.3, 0.4) is 0 Å². The number of para-hydroxylation sites is 1. The van der Waals surface area contributed by atoms with Crippen molar-refractivity contribution in [2.24, 2.45) is 0 Å². The molecule has 1 aliphatic rings. The third-order valence-electron chi connectivity index (χ3n) is 4.65. The normalized spacial score (nSPS) is 15.1. The predicted molar refractivity (Wildman–Crippen MR) is 107 cm³/mol. The van der Waals surface area contributed by atoms with E-state index in [1.807, 2.05) is 18.3 Å². The summed E-state index contributed by atoms with van der Waals surface area (Å²) in [4.78, 5) is 6.68. The summed E-state index contributed by atoms with van der Waals surface area (Å²) in [5.41, 5.74) is 3.26. The maximum Gasteiger partial charge on any atom is 0.196 e. The Labute approximate surface area is 163 Å². The van der Waals surface area contributed by atoms with Gasteiger partial charge in [-0.25, -0.2) is 0 Å². The number of aromatic nitrogens is 4. The third kappa shape index (κ3) is 4.21. The molecule has 27 heavy (non-hydrogen) atoms. The van der Waals surface area contributed by atoms with E-state index in [-0.39, 0.29) is 0 Å². The Kier molecular flexibility index (Phi) is 5.81. The Hall–Kier alpha value is -2.22. The maximum atomic E-state index is 5.43. The number of nitrogens with zero attached hydrogens (tertiary/aromatic N) is 5. The fraction of sp³-hybridized carbons (Fsp3) is 0.350. The van der Waals surface area contributed by atoms with Crippen LogP contribution in [-0.2, 0) is 4.74 Å². The van der Waals surface area contributed by atoms with Gasteiger partial charge in [0, 0.05) is 43.3 Å². The lowest BCUT2D eigenvalue weighted by Gasteiger charge is -2.26. The summed E-state index contributed by atoms with van der Waals surface area (Å²) in [5.74, 6) is 1.79. The van der Waals surface area contributed by atoms with Crippen LogP contribution in [0.15, 0.2) is 53.9 Å². The molecule has 3 heterocycles. The highest BCUT2D eigenvalue weighted by Gasteiger charge is 2.18. The average Bonchev–Trinajstić information content (AvgIpc) is 3.13. The quantitative estimate of drug-likeness (QED) is 0.612. The van der Waals surface area contributed by atoms with Crippen molar-refractivity contribution in [1.82, 2.24) is 24.6 Å². The molecule has 1 aromatic carbocycles. The monoisotopic (exact) mass is 381 g/mol. The Bertz CT molecular complexity index is 877. The van der Waals surface area contributed by atoms with Crippen molar-refractivity contribution < 1.29 is 4.74 Å². The summed E-state index contributed by atoms with van der Waals surface area (Å²) in [5, 5.41) is 9.90. The first-order valence-corrected chi connectivity index (χ1v) is 10.2. The van der Waals surface area contributed by atoms with E-state index < -0.39 is 0 Å². The van der Waals surface area contributed by atoms with E-state index in [9.17, 15) is 0 Å². The van der Waals surface area contributed by atoms with E-state index in [1.54, 1.807) is 18.0 Å². The number of hydrogen-bond donors (Lipinski definition) is 0. The number of pyridine rings is 1. The number of hydrogen-bond acceptors (Lipinski definition) is 6. The smallest absolute Gasteiger partial charge is 0.196 e. The molecule has 0 aliphatic carbocycles. The molecular weight excluding hydrogens is 358 g/mol. The molecule has 0 bridgehead atoms. The van der Waals surface area contributed by atoms with Gasteiger partial charge >= 0.3 is 0 Å². The first kappa shape index (κ1) is 18.2. The molecule has 0 atom stereocenters. The van der Waals surface area contributed by atoms with Crippen LogP contribution in [0.4, 0.5) is 0 Å². The highest BCUT2D eigenvalue weighted by Crippen LogP contribution is 2.29. The van der Waals surface area contributed by atoms with Gasteiger partial charge in [0.25, 0.3) is 0 Å². The lowest BCUT2D eigenvalue weighted by Crippen LogP contribution is -2.37. The van der Waals surface area contributed by atoms with Crippen LogP contribution < -0.4 is 0 Å². The van der Waals surface area contributed by atoms with Crippen molar-refractivity contribution in [1.29, 1.82) is 0 Å². The first-order chi connectivity index (χ1) is 13.3. The molecule has 7 heteroatoms. The Morgan fingerprint density at radius 2 is 1.93 bits per heavy atom. The minimum atomic E-state index is 0.825. The van der Waals surface area contributed by atoms with Gasteiger partial charge in [-0.05, 0) is 30.7 Å². The number of thioether (sulfide) groups is 1. The molecule has 4 rings (SSSR count). The van der Waals surface area contributed by atoms with Crippen molar-refractivity contribution in [2.75, 3.05) is 38.6 Å². The van der Waals surface area contributed by atoms with Crippen molar-refractivity contribution in [3.63, 3.8) is 0 Å². The fourth-order valence-corrected chi connectivity index (χ4v) is 4.11. The second-order valence-corrected chi connectivity index (χ2v) is 7.53. The molecule has 0 unspecified atom stereocenters. The van der Waals surface area contributed by atoms with Crippen molar-refractivity contribution >= 4 is 11.8 Å². The van der Waals surface area contributed by atoms with Crippen LogP contribution >= 0.6 is 11.8 Å². The van der Waals surface area contributed by atoms with Crippen LogP contribution in [0.5, 0.6) is 0 Å². The van der Waals surface area contributed by atoms with Crippen LogP contribution in [-0.4, -0.2) is 63.2 Å². The molecule has 3 aromatic rings. The lowest BCUT2D eigenvalue weighted by molar-refractivity contribution is 0.0410. The van der Waals surface area contributed by atoms with E-state index in [2.05, 4.69) is 55.8 Å². The van der Waals surface area contributed by atoms with Gasteiger partial charge in [0.2, 0.25) is 0 Å². The van der Waals surface area contributed by atoms with E-state index in [0.29, 0.717) is 0 Å². The Morgan fingerprint density at radius 1 is 1.07 bits per heavy atom. The average molecular weight is 382 g/mol. The third-order valence-corrected chi connectivity index (χ3v) is 5.56. The lowest BCUT2D eigenvalue weighted by atomic mass is 10.2. The number of rotatable bonds is 6. The van der Waals surface area contributed by atoms with Gasteiger partial charge < -0.3 is 4.74 Å². The Morgan fingerprint density at radius 3 is 2.70 bits per heavy atom. The van der Waals surface area contributed by atoms with Gasteiger partial charge in [0.15, 0.2) is 11.0 Å². The standard InChI is InChI=1S/C20H23N5OS/c1-16-5-2-3-7-18(16)25-19(17-6-4-8-21-15-17)22-23-20(25)27-14-11-24-9-12-26-13-10-24/h2-8,15H,9-14H2,1H3. The SMILES string of the molecule is Cc1ccccc1-n1c(SCCN2CCOCC2)nnc1-c1cccnc1. The summed E-state index contributed by atoms with van der Waals surface area (Å²) in [6.45, 7) is 6.81. The largest absolute Gasteiger partial charge is 0.379 e. The van der Waals surface area contributed by atoms with Crippen molar-refractivity contribution in [2.45, 2.75) is 12.1 Å². The zero-order valence-corrected chi connectivity index (χ0v) is 16.2. The van der Waals surface area contributed by atoms with Gasteiger partial charge in [-0.15, -0.1) is 10.2 Å². The molecule has 1 aliphatic heterocycles. The summed E-state index contributed by atoms with van der Waals surface area (Å²) < 4.78 is 7.58. The molecule has 0 saturated carbocycles. The van der Waals surface area contributed by atoms with Crippen LogP contribution in [0.2, 0.25) is 0 Å². The van der Waals surface area contributed by atoms with Gasteiger partial charge in [0.05, 0.1) is 18.9 Å². The number of benzene rings is 1. The summed E-state index contributed by atoms with van der Waals surface area (Å²) in [7, 11) is 0. The van der Waals surface area contributed by atoms with Crippen molar-refractivity contribution in [3.05, 3.63) is 54.4 Å². The summed E-state index contributed by atoms with van der Waals surface area (Å²) in [6, 6.07) is 12.3. The van der Waals surface area contributed by atoms with E-state index >= 15 is 0 Å². The number of ether oxygens (including phenoxy) is 1. The van der Waals surface area contributed by atoms with Gasteiger partial charge in [0.1, 0.15) is 0 Å². The van der Waals surface area contributed by atoms with E-state index in [1.165, 1.54) is 5.56 Å². The molecule has 6 nitrogen and oxygen atoms in total. The van der Waals surface area contributed by atoms with E-state index in [0.717, 1.165) is 60.8 Å².